The quantitative estimate of drug-likeness (QED) is 0.786. The van der Waals surface area contributed by atoms with Crippen LogP contribution in [0.15, 0.2) is 30.3 Å². The fraction of sp³-hybridized carbons (Fsp3) is 0.760. The lowest BCUT2D eigenvalue weighted by Crippen LogP contribution is -2.62. The molecule has 2 saturated heterocycles. The van der Waals surface area contributed by atoms with Gasteiger partial charge in [-0.05, 0) is 31.2 Å². The Hall–Kier alpha value is -1.02. The Morgan fingerprint density at radius 1 is 0.710 bits per heavy atom. The van der Waals surface area contributed by atoms with Gasteiger partial charge in [0.2, 0.25) is 0 Å². The summed E-state index contributed by atoms with van der Waals surface area (Å²) in [4.78, 5) is 0. The molecule has 1 N–H and O–H groups in total. The van der Waals surface area contributed by atoms with Crippen molar-refractivity contribution in [1.29, 1.82) is 0 Å². The lowest BCUT2D eigenvalue weighted by molar-refractivity contribution is -0.227. The molecule has 2 unspecified atom stereocenters. The summed E-state index contributed by atoms with van der Waals surface area (Å²) in [5.41, 5.74) is 1.11. The second-order valence-corrected chi connectivity index (χ2v) is 10.0. The zero-order valence-electron chi connectivity index (χ0n) is 18.1. The van der Waals surface area contributed by atoms with Crippen molar-refractivity contribution < 1.29 is 28.8 Å². The molecule has 6 rings (SSSR count). The fourth-order valence-corrected chi connectivity index (χ4v) is 6.33. The first-order chi connectivity index (χ1) is 15.2. The SMILES string of the molecule is OC1[C@H]2OC3(CCCCC3)O[C@H]2C(OCc2ccccc2)[C@@H]2OC3(CCCCC3)O[C@@H]12. The van der Waals surface area contributed by atoms with Crippen molar-refractivity contribution >= 4 is 0 Å². The summed E-state index contributed by atoms with van der Waals surface area (Å²) >= 11 is 0. The van der Waals surface area contributed by atoms with E-state index in [0.29, 0.717) is 6.61 Å². The highest BCUT2D eigenvalue weighted by molar-refractivity contribution is 5.15. The topological polar surface area (TPSA) is 66.4 Å². The molecule has 6 atom stereocenters. The second-order valence-electron chi connectivity index (χ2n) is 10.0. The van der Waals surface area contributed by atoms with Crippen LogP contribution in [-0.2, 0) is 30.3 Å². The smallest absolute Gasteiger partial charge is 0.169 e. The molecule has 1 aromatic rings. The molecule has 31 heavy (non-hydrogen) atoms. The Kier molecular flexibility index (Phi) is 5.37. The maximum Gasteiger partial charge on any atom is 0.169 e. The van der Waals surface area contributed by atoms with Crippen LogP contribution >= 0.6 is 0 Å². The number of aliphatic hydroxyl groups is 1. The molecular weight excluding hydrogens is 396 g/mol. The van der Waals surface area contributed by atoms with Gasteiger partial charge >= 0.3 is 0 Å². The predicted octanol–water partition coefficient (Wildman–Crippen LogP) is 3.84. The Bertz CT molecular complexity index is 715. The van der Waals surface area contributed by atoms with Crippen LogP contribution in [0.25, 0.3) is 0 Å². The van der Waals surface area contributed by atoms with E-state index < -0.39 is 29.9 Å². The number of benzene rings is 1. The molecule has 6 heteroatoms. The van der Waals surface area contributed by atoms with E-state index >= 15 is 0 Å². The molecule has 3 aliphatic carbocycles. The Morgan fingerprint density at radius 3 is 1.71 bits per heavy atom. The molecule has 0 bridgehead atoms. The number of hydrogen-bond donors (Lipinski definition) is 1. The van der Waals surface area contributed by atoms with Gasteiger partial charge in [0.25, 0.3) is 0 Å². The first-order valence-electron chi connectivity index (χ1n) is 12.2. The van der Waals surface area contributed by atoms with E-state index in [1.807, 2.05) is 18.2 Å². The predicted molar refractivity (Wildman–Crippen MR) is 112 cm³/mol. The Balaban J connectivity index is 1.28. The summed E-state index contributed by atoms with van der Waals surface area (Å²) in [6.07, 6.45) is 7.60. The summed E-state index contributed by atoms with van der Waals surface area (Å²) < 4.78 is 32.7. The van der Waals surface area contributed by atoms with Crippen LogP contribution in [0.3, 0.4) is 0 Å². The number of rotatable bonds is 3. The highest BCUT2D eigenvalue weighted by Crippen LogP contribution is 2.51. The van der Waals surface area contributed by atoms with Crippen molar-refractivity contribution in [3.05, 3.63) is 35.9 Å². The number of fused-ring (bicyclic) bond motifs is 2. The first-order valence-corrected chi connectivity index (χ1v) is 12.2. The van der Waals surface area contributed by atoms with Gasteiger partial charge in [0, 0.05) is 25.7 Å². The van der Waals surface area contributed by atoms with E-state index in [1.54, 1.807) is 0 Å². The van der Waals surface area contributed by atoms with Crippen molar-refractivity contribution in [2.45, 2.75) is 119 Å². The van der Waals surface area contributed by atoms with E-state index in [9.17, 15) is 5.11 Å². The molecule has 2 aliphatic heterocycles. The minimum Gasteiger partial charge on any atom is -0.387 e. The average Bonchev–Trinajstić information content (AvgIpc) is 3.35. The first kappa shape index (κ1) is 20.6. The van der Waals surface area contributed by atoms with Crippen LogP contribution in [0.5, 0.6) is 0 Å². The van der Waals surface area contributed by atoms with Crippen LogP contribution in [0.1, 0.15) is 69.8 Å². The van der Waals surface area contributed by atoms with E-state index in [1.165, 1.54) is 12.8 Å². The molecule has 170 valence electrons. The summed E-state index contributed by atoms with van der Waals surface area (Å²) in [6, 6.07) is 10.2. The van der Waals surface area contributed by atoms with E-state index in [-0.39, 0.29) is 18.3 Å². The van der Waals surface area contributed by atoms with Gasteiger partial charge in [0.1, 0.15) is 36.6 Å². The van der Waals surface area contributed by atoms with Crippen molar-refractivity contribution in [1.82, 2.24) is 0 Å². The van der Waals surface area contributed by atoms with Crippen LogP contribution < -0.4 is 0 Å². The number of hydrogen-bond acceptors (Lipinski definition) is 6. The largest absolute Gasteiger partial charge is 0.387 e. The molecule has 0 aromatic heterocycles. The van der Waals surface area contributed by atoms with Gasteiger partial charge in [-0.15, -0.1) is 0 Å². The van der Waals surface area contributed by atoms with Crippen LogP contribution in [0, 0.1) is 0 Å². The summed E-state index contributed by atoms with van der Waals surface area (Å²) in [7, 11) is 0. The van der Waals surface area contributed by atoms with Gasteiger partial charge in [-0.25, -0.2) is 0 Å². The van der Waals surface area contributed by atoms with Crippen molar-refractivity contribution in [2.24, 2.45) is 0 Å². The molecular formula is C25H34O6. The van der Waals surface area contributed by atoms with Crippen molar-refractivity contribution in [3.8, 4) is 0 Å². The van der Waals surface area contributed by atoms with Crippen LogP contribution in [0.2, 0.25) is 0 Å². The van der Waals surface area contributed by atoms with Gasteiger partial charge < -0.3 is 28.8 Å². The lowest BCUT2D eigenvalue weighted by atomic mass is 9.85. The highest BCUT2D eigenvalue weighted by atomic mass is 16.8. The van der Waals surface area contributed by atoms with Crippen molar-refractivity contribution in [3.63, 3.8) is 0 Å². The Morgan fingerprint density at radius 2 is 1.19 bits per heavy atom. The van der Waals surface area contributed by atoms with Gasteiger partial charge in [-0.1, -0.05) is 43.2 Å². The zero-order chi connectivity index (χ0) is 20.9. The molecule has 5 aliphatic rings. The summed E-state index contributed by atoms with van der Waals surface area (Å²) in [5.74, 6) is -1.19. The fourth-order valence-electron chi connectivity index (χ4n) is 6.33. The van der Waals surface area contributed by atoms with Crippen LogP contribution in [-0.4, -0.2) is 53.3 Å². The molecule has 3 saturated carbocycles. The summed E-state index contributed by atoms with van der Waals surface area (Å²) in [5, 5.41) is 11.3. The van der Waals surface area contributed by atoms with E-state index in [2.05, 4.69) is 12.1 Å². The van der Waals surface area contributed by atoms with E-state index in [4.69, 9.17) is 23.7 Å². The highest BCUT2D eigenvalue weighted by Gasteiger charge is 2.66. The molecule has 0 amide bonds. The third kappa shape index (κ3) is 3.65. The molecule has 0 radical (unpaired) electrons. The second kappa shape index (κ2) is 8.08. The monoisotopic (exact) mass is 430 g/mol. The molecule has 5 fully saturated rings. The third-order valence-corrected chi connectivity index (χ3v) is 7.89. The average molecular weight is 431 g/mol. The molecule has 1 aromatic carbocycles. The van der Waals surface area contributed by atoms with Gasteiger partial charge in [-0.2, -0.15) is 0 Å². The Labute approximate surface area is 184 Å². The maximum atomic E-state index is 11.3. The van der Waals surface area contributed by atoms with Crippen molar-refractivity contribution in [2.75, 3.05) is 0 Å². The number of ether oxygens (including phenoxy) is 5. The van der Waals surface area contributed by atoms with Gasteiger partial charge in [0.15, 0.2) is 11.6 Å². The van der Waals surface area contributed by atoms with Crippen LogP contribution in [0.4, 0.5) is 0 Å². The van der Waals surface area contributed by atoms with E-state index in [0.717, 1.165) is 56.9 Å². The third-order valence-electron chi connectivity index (χ3n) is 7.89. The lowest BCUT2D eigenvalue weighted by Gasteiger charge is -2.40. The molecule has 2 spiro atoms. The molecule has 6 nitrogen and oxygen atoms in total. The minimum atomic E-state index is -0.769. The molecule has 2 heterocycles. The zero-order valence-corrected chi connectivity index (χ0v) is 18.1. The standard InChI is InChI=1S/C25H34O6/c26-18-19-22(30-24(28-19)12-6-2-7-13-24)21(27-16-17-10-4-1-5-11-17)23-20(18)29-25(31-23)14-8-3-9-15-25/h1,4-5,10-11,18-23,26H,2-3,6-9,12-16H2/t18?,19-,20+,21?,22-,23-/m1/s1. The normalized spacial score (nSPS) is 40.7. The minimum absolute atomic E-state index is 0.332. The maximum absolute atomic E-state index is 11.3. The number of aliphatic hydroxyl groups excluding tert-OH is 1. The summed E-state index contributed by atoms with van der Waals surface area (Å²) in [6.45, 7) is 0.473. The van der Waals surface area contributed by atoms with Gasteiger partial charge in [0.05, 0.1) is 6.61 Å². The van der Waals surface area contributed by atoms with Gasteiger partial charge in [-0.3, -0.25) is 0 Å².